The fraction of sp³-hybridized carbons (Fsp3) is 0.467. The molecule has 94 valence electrons. The van der Waals surface area contributed by atoms with E-state index in [1.54, 1.807) is 0 Å². The molecule has 2 nitrogen and oxygen atoms in total. The third-order valence-electron chi connectivity index (χ3n) is 2.78. The van der Waals surface area contributed by atoms with Crippen molar-refractivity contribution in [2.24, 2.45) is 0 Å². The molecule has 1 atom stereocenters. The third kappa shape index (κ3) is 4.61. The van der Waals surface area contributed by atoms with Crippen molar-refractivity contribution >= 4 is 6.08 Å². The fourth-order valence-electron chi connectivity index (χ4n) is 1.68. The van der Waals surface area contributed by atoms with E-state index in [0.717, 1.165) is 12.3 Å². The standard InChI is InChI=1S/C15H23NO/c1-5-16-13(4)12(3)11-14-7-9-15(10-8-14)17-6-2/h7-11,13,16H,5-6H2,1-4H3/b12-11+. The lowest BCUT2D eigenvalue weighted by Gasteiger charge is -2.13. The van der Waals surface area contributed by atoms with Gasteiger partial charge in [0.05, 0.1) is 6.61 Å². The van der Waals surface area contributed by atoms with Gasteiger partial charge in [-0.15, -0.1) is 0 Å². The molecule has 1 N–H and O–H groups in total. The summed E-state index contributed by atoms with van der Waals surface area (Å²) in [5.74, 6) is 0.932. The lowest BCUT2D eigenvalue weighted by atomic mass is 10.1. The maximum Gasteiger partial charge on any atom is 0.119 e. The second-order valence-electron chi connectivity index (χ2n) is 4.17. The van der Waals surface area contributed by atoms with Gasteiger partial charge in [0.2, 0.25) is 0 Å². The van der Waals surface area contributed by atoms with Crippen LogP contribution in [0.1, 0.15) is 33.3 Å². The molecule has 0 aliphatic rings. The molecule has 0 heterocycles. The number of rotatable bonds is 6. The van der Waals surface area contributed by atoms with Gasteiger partial charge in [-0.05, 0) is 45.0 Å². The Hall–Kier alpha value is -1.28. The van der Waals surface area contributed by atoms with Crippen LogP contribution in [0, 0.1) is 0 Å². The van der Waals surface area contributed by atoms with Gasteiger partial charge in [0.25, 0.3) is 0 Å². The van der Waals surface area contributed by atoms with E-state index in [1.165, 1.54) is 11.1 Å². The van der Waals surface area contributed by atoms with Gasteiger partial charge in [-0.2, -0.15) is 0 Å². The molecule has 1 rings (SSSR count). The molecule has 0 amide bonds. The number of hydrogen-bond donors (Lipinski definition) is 1. The minimum Gasteiger partial charge on any atom is -0.494 e. The van der Waals surface area contributed by atoms with Crippen molar-refractivity contribution in [1.82, 2.24) is 5.32 Å². The Morgan fingerprint density at radius 1 is 1.29 bits per heavy atom. The monoisotopic (exact) mass is 233 g/mol. The molecule has 0 aromatic heterocycles. The molecule has 0 spiro atoms. The molecule has 17 heavy (non-hydrogen) atoms. The second-order valence-corrected chi connectivity index (χ2v) is 4.17. The topological polar surface area (TPSA) is 21.3 Å². The minimum atomic E-state index is 0.423. The quantitative estimate of drug-likeness (QED) is 0.812. The highest BCUT2D eigenvalue weighted by Gasteiger charge is 2.01. The molecule has 0 saturated heterocycles. The second kappa shape index (κ2) is 7.13. The average molecular weight is 233 g/mol. The van der Waals surface area contributed by atoms with Crippen LogP contribution in [0.3, 0.4) is 0 Å². The van der Waals surface area contributed by atoms with E-state index in [4.69, 9.17) is 4.74 Å². The maximum atomic E-state index is 5.42. The van der Waals surface area contributed by atoms with Gasteiger partial charge in [0.1, 0.15) is 5.75 Å². The highest BCUT2D eigenvalue weighted by atomic mass is 16.5. The van der Waals surface area contributed by atoms with Gasteiger partial charge in [-0.25, -0.2) is 0 Å². The zero-order valence-corrected chi connectivity index (χ0v) is 11.3. The predicted octanol–water partition coefficient (Wildman–Crippen LogP) is 3.49. The summed E-state index contributed by atoms with van der Waals surface area (Å²) >= 11 is 0. The number of ether oxygens (including phenoxy) is 1. The lowest BCUT2D eigenvalue weighted by Crippen LogP contribution is -2.26. The smallest absolute Gasteiger partial charge is 0.119 e. The molecular formula is C15H23NO. The van der Waals surface area contributed by atoms with Crippen LogP contribution in [0.4, 0.5) is 0 Å². The molecule has 0 radical (unpaired) electrons. The first-order chi connectivity index (χ1) is 8.17. The molecule has 1 aromatic carbocycles. The Balaban J connectivity index is 2.70. The van der Waals surface area contributed by atoms with Crippen LogP contribution >= 0.6 is 0 Å². The third-order valence-corrected chi connectivity index (χ3v) is 2.78. The predicted molar refractivity (Wildman–Crippen MR) is 74.4 cm³/mol. The Kier molecular flexibility index (Phi) is 5.78. The first kappa shape index (κ1) is 13.8. The van der Waals surface area contributed by atoms with Crippen LogP contribution in [0.5, 0.6) is 5.75 Å². The van der Waals surface area contributed by atoms with Crippen molar-refractivity contribution in [2.45, 2.75) is 33.7 Å². The molecule has 2 heteroatoms. The van der Waals surface area contributed by atoms with Crippen molar-refractivity contribution in [1.29, 1.82) is 0 Å². The Bertz CT molecular complexity index is 354. The molecular weight excluding hydrogens is 210 g/mol. The summed E-state index contributed by atoms with van der Waals surface area (Å²) in [6.07, 6.45) is 2.21. The number of benzene rings is 1. The van der Waals surface area contributed by atoms with Crippen molar-refractivity contribution < 1.29 is 4.74 Å². The van der Waals surface area contributed by atoms with Crippen LogP contribution in [0.25, 0.3) is 6.08 Å². The SMILES string of the molecule is CCNC(C)/C(C)=C/c1ccc(OCC)cc1. The summed E-state index contributed by atoms with van der Waals surface area (Å²) in [5.41, 5.74) is 2.56. The zero-order chi connectivity index (χ0) is 12.7. The van der Waals surface area contributed by atoms with Gasteiger partial charge in [-0.1, -0.05) is 30.7 Å². The molecule has 0 aliphatic carbocycles. The van der Waals surface area contributed by atoms with E-state index in [0.29, 0.717) is 12.6 Å². The fourth-order valence-corrected chi connectivity index (χ4v) is 1.68. The largest absolute Gasteiger partial charge is 0.494 e. The zero-order valence-electron chi connectivity index (χ0n) is 11.3. The van der Waals surface area contributed by atoms with Gasteiger partial charge in [0, 0.05) is 6.04 Å². The van der Waals surface area contributed by atoms with Crippen molar-refractivity contribution in [3.63, 3.8) is 0 Å². The first-order valence-corrected chi connectivity index (χ1v) is 6.31. The van der Waals surface area contributed by atoms with E-state index in [2.05, 4.69) is 44.3 Å². The minimum absolute atomic E-state index is 0.423. The van der Waals surface area contributed by atoms with E-state index < -0.39 is 0 Å². The lowest BCUT2D eigenvalue weighted by molar-refractivity contribution is 0.340. The number of hydrogen-bond acceptors (Lipinski definition) is 2. The molecule has 0 bridgehead atoms. The molecule has 1 unspecified atom stereocenters. The van der Waals surface area contributed by atoms with Gasteiger partial charge in [-0.3, -0.25) is 0 Å². The molecule has 1 aromatic rings. The summed E-state index contributed by atoms with van der Waals surface area (Å²) in [6.45, 7) is 10.2. The summed E-state index contributed by atoms with van der Waals surface area (Å²) in [7, 11) is 0. The van der Waals surface area contributed by atoms with Crippen LogP contribution in [0.2, 0.25) is 0 Å². The summed E-state index contributed by atoms with van der Waals surface area (Å²) in [4.78, 5) is 0. The van der Waals surface area contributed by atoms with E-state index in [1.807, 2.05) is 19.1 Å². The van der Waals surface area contributed by atoms with Gasteiger partial charge < -0.3 is 10.1 Å². The molecule has 0 fully saturated rings. The number of nitrogens with one attached hydrogen (secondary N) is 1. The Morgan fingerprint density at radius 2 is 1.94 bits per heavy atom. The summed E-state index contributed by atoms with van der Waals surface area (Å²) in [6, 6.07) is 8.63. The number of likely N-dealkylation sites (N-methyl/N-ethyl adjacent to an activating group) is 1. The molecule has 0 aliphatic heterocycles. The summed E-state index contributed by atoms with van der Waals surface area (Å²) < 4.78 is 5.42. The van der Waals surface area contributed by atoms with Crippen molar-refractivity contribution in [3.05, 3.63) is 35.4 Å². The van der Waals surface area contributed by atoms with Crippen LogP contribution in [-0.2, 0) is 0 Å². The summed E-state index contributed by atoms with van der Waals surface area (Å²) in [5, 5.41) is 3.40. The Labute approximate surface area is 105 Å². The van der Waals surface area contributed by atoms with Crippen molar-refractivity contribution in [3.8, 4) is 5.75 Å². The van der Waals surface area contributed by atoms with E-state index in [-0.39, 0.29) is 0 Å². The average Bonchev–Trinajstić information content (AvgIpc) is 2.32. The normalized spacial score (nSPS) is 13.5. The maximum absolute atomic E-state index is 5.42. The first-order valence-electron chi connectivity index (χ1n) is 6.31. The van der Waals surface area contributed by atoms with Gasteiger partial charge >= 0.3 is 0 Å². The highest BCUT2D eigenvalue weighted by Crippen LogP contribution is 2.15. The Morgan fingerprint density at radius 3 is 2.47 bits per heavy atom. The van der Waals surface area contributed by atoms with Crippen molar-refractivity contribution in [2.75, 3.05) is 13.2 Å². The van der Waals surface area contributed by atoms with Crippen LogP contribution in [0.15, 0.2) is 29.8 Å². The van der Waals surface area contributed by atoms with Crippen LogP contribution < -0.4 is 10.1 Å². The highest BCUT2D eigenvalue weighted by molar-refractivity contribution is 5.54. The molecule has 0 saturated carbocycles. The van der Waals surface area contributed by atoms with Crippen LogP contribution in [-0.4, -0.2) is 19.2 Å². The van der Waals surface area contributed by atoms with E-state index >= 15 is 0 Å². The van der Waals surface area contributed by atoms with E-state index in [9.17, 15) is 0 Å². The van der Waals surface area contributed by atoms with Gasteiger partial charge in [0.15, 0.2) is 0 Å².